The fraction of sp³-hybridized carbons (Fsp3) is 0.273. The zero-order valence-electron chi connectivity index (χ0n) is 6.80. The van der Waals surface area contributed by atoms with E-state index in [1.807, 2.05) is 13.0 Å². The van der Waals surface area contributed by atoms with Crippen LogP contribution in [0.2, 0.25) is 0 Å². The molecule has 0 saturated heterocycles. The molecule has 0 aromatic rings. The Bertz CT molecular complexity index is 256. The monoisotopic (exact) mass is 144 g/mol. The predicted octanol–water partition coefficient (Wildman–Crippen LogP) is 2.84. The average Bonchev–Trinajstić information content (AvgIpc) is 2.07. The van der Waals surface area contributed by atoms with Gasteiger partial charge in [-0.25, -0.2) is 0 Å². The minimum Gasteiger partial charge on any atom is -0.115 e. The number of terminal acetylenes is 1. The van der Waals surface area contributed by atoms with Gasteiger partial charge in [0.1, 0.15) is 0 Å². The number of rotatable bonds is 1. The summed E-state index contributed by atoms with van der Waals surface area (Å²) in [6.45, 7) is 2.04. The fourth-order valence-electron chi connectivity index (χ4n) is 1.11. The van der Waals surface area contributed by atoms with Crippen molar-refractivity contribution in [2.75, 3.05) is 0 Å². The van der Waals surface area contributed by atoms with Crippen LogP contribution in [0.4, 0.5) is 0 Å². The lowest BCUT2D eigenvalue weighted by atomic mass is 10.0. The first-order valence-electron chi connectivity index (χ1n) is 3.84. The van der Waals surface area contributed by atoms with E-state index in [2.05, 4.69) is 24.1 Å². The predicted molar refractivity (Wildman–Crippen MR) is 49.0 cm³/mol. The molecule has 0 bridgehead atoms. The van der Waals surface area contributed by atoms with Crippen LogP contribution in [0.25, 0.3) is 0 Å². The molecule has 0 atom stereocenters. The highest BCUT2D eigenvalue weighted by molar-refractivity contribution is 5.42. The molecule has 0 aliphatic heterocycles. The first-order valence-corrected chi connectivity index (χ1v) is 3.84. The quantitative estimate of drug-likeness (QED) is 0.496. The maximum atomic E-state index is 5.16. The molecule has 0 saturated carbocycles. The summed E-state index contributed by atoms with van der Waals surface area (Å²) in [4.78, 5) is 0. The third-order valence-corrected chi connectivity index (χ3v) is 1.75. The molecular weight excluding hydrogens is 132 g/mol. The molecule has 0 radical (unpaired) electrons. The van der Waals surface area contributed by atoms with Gasteiger partial charge in [0, 0.05) is 0 Å². The van der Waals surface area contributed by atoms with Crippen molar-refractivity contribution in [3.8, 4) is 12.3 Å². The summed E-state index contributed by atoms with van der Waals surface area (Å²) in [6, 6.07) is 0. The van der Waals surface area contributed by atoms with Crippen LogP contribution in [0.3, 0.4) is 0 Å². The minimum absolute atomic E-state index is 1.14. The lowest BCUT2D eigenvalue weighted by Gasteiger charge is -2.05. The van der Waals surface area contributed by atoms with Crippen LogP contribution in [0.15, 0.2) is 35.5 Å². The Morgan fingerprint density at radius 1 is 1.64 bits per heavy atom. The van der Waals surface area contributed by atoms with E-state index in [1.54, 1.807) is 0 Å². The summed E-state index contributed by atoms with van der Waals surface area (Å²) in [5.74, 6) is 2.53. The van der Waals surface area contributed by atoms with Gasteiger partial charge >= 0.3 is 0 Å². The molecule has 0 heteroatoms. The van der Waals surface area contributed by atoms with Crippen molar-refractivity contribution in [2.24, 2.45) is 0 Å². The van der Waals surface area contributed by atoms with Crippen molar-refractivity contribution >= 4 is 0 Å². The van der Waals surface area contributed by atoms with Gasteiger partial charge < -0.3 is 0 Å². The maximum Gasteiger partial charge on any atom is -0.00864 e. The number of hydrogen-bond donors (Lipinski definition) is 0. The molecule has 56 valence electrons. The normalized spacial score (nSPS) is 17.5. The zero-order valence-corrected chi connectivity index (χ0v) is 6.80. The molecule has 0 aromatic heterocycles. The van der Waals surface area contributed by atoms with Crippen molar-refractivity contribution in [2.45, 2.75) is 19.8 Å². The van der Waals surface area contributed by atoms with Gasteiger partial charge in [-0.1, -0.05) is 24.1 Å². The SMILES string of the molecule is C#C/C=C(\C)C1=CCCC=C1. The summed E-state index contributed by atoms with van der Waals surface area (Å²) in [7, 11) is 0. The van der Waals surface area contributed by atoms with E-state index >= 15 is 0 Å². The van der Waals surface area contributed by atoms with Crippen LogP contribution in [0, 0.1) is 12.3 Å². The van der Waals surface area contributed by atoms with Crippen molar-refractivity contribution < 1.29 is 0 Å². The van der Waals surface area contributed by atoms with E-state index in [-0.39, 0.29) is 0 Å². The van der Waals surface area contributed by atoms with Crippen molar-refractivity contribution in [1.82, 2.24) is 0 Å². The van der Waals surface area contributed by atoms with Crippen molar-refractivity contribution in [1.29, 1.82) is 0 Å². The smallest absolute Gasteiger partial charge is 0.00864 e. The summed E-state index contributed by atoms with van der Waals surface area (Å²) < 4.78 is 0. The van der Waals surface area contributed by atoms with Crippen LogP contribution in [-0.2, 0) is 0 Å². The molecule has 0 spiro atoms. The van der Waals surface area contributed by atoms with Gasteiger partial charge in [-0.3, -0.25) is 0 Å². The molecule has 0 fully saturated rings. The maximum absolute atomic E-state index is 5.16. The molecule has 0 nitrogen and oxygen atoms in total. The largest absolute Gasteiger partial charge is 0.115 e. The van der Waals surface area contributed by atoms with Gasteiger partial charge in [-0.2, -0.15) is 0 Å². The van der Waals surface area contributed by atoms with E-state index in [4.69, 9.17) is 6.42 Å². The molecule has 1 aliphatic carbocycles. The van der Waals surface area contributed by atoms with Gasteiger partial charge in [0.05, 0.1) is 0 Å². The lowest BCUT2D eigenvalue weighted by molar-refractivity contribution is 1.02. The first kappa shape index (κ1) is 7.88. The van der Waals surface area contributed by atoms with E-state index < -0.39 is 0 Å². The molecule has 0 aromatic carbocycles. The highest BCUT2D eigenvalue weighted by atomic mass is 14.0. The number of allylic oxidation sites excluding steroid dienone is 6. The molecule has 11 heavy (non-hydrogen) atoms. The molecule has 1 aliphatic rings. The summed E-state index contributed by atoms with van der Waals surface area (Å²) >= 11 is 0. The van der Waals surface area contributed by atoms with Gasteiger partial charge in [-0.05, 0) is 37.0 Å². The molecule has 0 heterocycles. The highest BCUT2D eigenvalue weighted by Crippen LogP contribution is 2.16. The highest BCUT2D eigenvalue weighted by Gasteiger charge is 1.97. The van der Waals surface area contributed by atoms with Crippen LogP contribution < -0.4 is 0 Å². The Hall–Kier alpha value is -1.22. The Balaban J connectivity index is 2.76. The Morgan fingerprint density at radius 2 is 2.45 bits per heavy atom. The van der Waals surface area contributed by atoms with Crippen LogP contribution in [0.5, 0.6) is 0 Å². The van der Waals surface area contributed by atoms with E-state index in [0.29, 0.717) is 0 Å². The molecule has 1 rings (SSSR count). The van der Waals surface area contributed by atoms with Gasteiger partial charge in [0.15, 0.2) is 0 Å². The first-order chi connectivity index (χ1) is 5.34. The van der Waals surface area contributed by atoms with Crippen LogP contribution >= 0.6 is 0 Å². The number of hydrogen-bond acceptors (Lipinski definition) is 0. The van der Waals surface area contributed by atoms with Crippen LogP contribution in [0.1, 0.15) is 19.8 Å². The fourth-order valence-corrected chi connectivity index (χ4v) is 1.11. The van der Waals surface area contributed by atoms with Gasteiger partial charge in [0.25, 0.3) is 0 Å². The van der Waals surface area contributed by atoms with Crippen molar-refractivity contribution in [3.05, 3.63) is 35.5 Å². The molecule has 0 unspecified atom stereocenters. The Kier molecular flexibility index (Phi) is 2.74. The van der Waals surface area contributed by atoms with E-state index in [9.17, 15) is 0 Å². The Morgan fingerprint density at radius 3 is 3.00 bits per heavy atom. The Labute approximate surface area is 68.3 Å². The third-order valence-electron chi connectivity index (χ3n) is 1.75. The van der Waals surface area contributed by atoms with E-state index in [1.165, 1.54) is 11.1 Å². The molecule has 0 amide bonds. The second kappa shape index (κ2) is 3.83. The van der Waals surface area contributed by atoms with Crippen LogP contribution in [-0.4, -0.2) is 0 Å². The second-order valence-electron chi connectivity index (χ2n) is 2.63. The van der Waals surface area contributed by atoms with Crippen molar-refractivity contribution in [3.63, 3.8) is 0 Å². The molecular formula is C11H12. The summed E-state index contributed by atoms with van der Waals surface area (Å²) in [5.41, 5.74) is 2.46. The topological polar surface area (TPSA) is 0 Å². The summed E-state index contributed by atoms with van der Waals surface area (Å²) in [6.07, 6.45) is 15.8. The third kappa shape index (κ3) is 2.13. The zero-order chi connectivity index (χ0) is 8.10. The van der Waals surface area contributed by atoms with Gasteiger partial charge in [0.2, 0.25) is 0 Å². The molecule has 0 N–H and O–H groups in total. The van der Waals surface area contributed by atoms with Gasteiger partial charge in [-0.15, -0.1) is 6.42 Å². The van der Waals surface area contributed by atoms with E-state index in [0.717, 1.165) is 12.8 Å². The summed E-state index contributed by atoms with van der Waals surface area (Å²) in [5, 5.41) is 0. The standard InChI is InChI=1S/C11H12/c1-3-7-10(2)11-8-5-4-6-9-11/h1,5,7-9H,4,6H2,2H3/b10-7+. The minimum atomic E-state index is 1.14. The lowest BCUT2D eigenvalue weighted by Crippen LogP contribution is -1.85. The second-order valence-corrected chi connectivity index (χ2v) is 2.63. The average molecular weight is 144 g/mol.